The standard InChI is InChI=1S/C27H19BrN2OS/c28-20-13-10-17(11-14-20)16-23-26(31)30-25(19-7-2-1-3-8-19)22-15-12-18-6-4-5-9-21(18)24(22)29-27(30)32-23/h1-11,13-14,16,25H,12,15H2/b23-16-/t25-/m1/s1. The van der Waals surface area contributed by atoms with Crippen molar-refractivity contribution in [1.82, 2.24) is 4.57 Å². The van der Waals surface area contributed by atoms with E-state index >= 15 is 0 Å². The molecule has 1 aliphatic heterocycles. The van der Waals surface area contributed by atoms with Crippen molar-refractivity contribution in [2.45, 2.75) is 18.9 Å². The number of thiazole rings is 1. The van der Waals surface area contributed by atoms with Crippen LogP contribution in [0, 0.1) is 0 Å². The molecule has 32 heavy (non-hydrogen) atoms. The number of benzene rings is 3. The smallest absolute Gasteiger partial charge is 0.271 e. The van der Waals surface area contributed by atoms with Gasteiger partial charge in [-0.15, -0.1) is 0 Å². The summed E-state index contributed by atoms with van der Waals surface area (Å²) in [7, 11) is 0. The molecule has 156 valence electrons. The van der Waals surface area contributed by atoms with Gasteiger partial charge >= 0.3 is 0 Å². The maximum Gasteiger partial charge on any atom is 0.271 e. The van der Waals surface area contributed by atoms with Gasteiger partial charge in [-0.05, 0) is 53.3 Å². The Labute approximate surface area is 197 Å². The van der Waals surface area contributed by atoms with E-state index in [1.54, 1.807) is 0 Å². The molecule has 2 heterocycles. The second-order valence-electron chi connectivity index (χ2n) is 8.08. The molecule has 3 nitrogen and oxygen atoms in total. The van der Waals surface area contributed by atoms with Gasteiger partial charge < -0.3 is 0 Å². The first-order chi connectivity index (χ1) is 15.7. The molecular weight excluding hydrogens is 480 g/mol. The lowest BCUT2D eigenvalue weighted by Gasteiger charge is -2.30. The molecule has 5 heteroatoms. The molecule has 1 aliphatic carbocycles. The normalized spacial score (nSPS) is 17.4. The second kappa shape index (κ2) is 7.84. The number of hydrogen-bond donors (Lipinski definition) is 0. The Morgan fingerprint density at radius 1 is 0.938 bits per heavy atom. The van der Waals surface area contributed by atoms with Crippen LogP contribution in [0.25, 0.3) is 11.8 Å². The lowest BCUT2D eigenvalue weighted by molar-refractivity contribution is 0.585. The summed E-state index contributed by atoms with van der Waals surface area (Å²) in [5.41, 5.74) is 6.95. The molecule has 0 radical (unpaired) electrons. The van der Waals surface area contributed by atoms with Gasteiger partial charge in [-0.2, -0.15) is 0 Å². The molecule has 3 aromatic carbocycles. The van der Waals surface area contributed by atoms with E-state index in [0.29, 0.717) is 4.53 Å². The van der Waals surface area contributed by atoms with Gasteiger partial charge in [-0.3, -0.25) is 9.36 Å². The average Bonchev–Trinajstić information content (AvgIpc) is 3.14. The van der Waals surface area contributed by atoms with Crippen molar-refractivity contribution in [1.29, 1.82) is 0 Å². The van der Waals surface area contributed by atoms with E-state index in [2.05, 4.69) is 52.3 Å². The summed E-state index contributed by atoms with van der Waals surface area (Å²) >= 11 is 4.95. The van der Waals surface area contributed by atoms with Gasteiger partial charge in [-0.25, -0.2) is 4.99 Å². The summed E-state index contributed by atoms with van der Waals surface area (Å²) in [6.07, 6.45) is 3.85. The minimum absolute atomic E-state index is 0.0240. The second-order valence-corrected chi connectivity index (χ2v) is 10.0. The lowest BCUT2D eigenvalue weighted by Crippen LogP contribution is -2.38. The first kappa shape index (κ1) is 19.6. The number of aryl methyl sites for hydroxylation is 1. The van der Waals surface area contributed by atoms with E-state index in [9.17, 15) is 4.79 Å². The highest BCUT2D eigenvalue weighted by molar-refractivity contribution is 9.10. The first-order valence-corrected chi connectivity index (χ1v) is 12.2. The number of fused-ring (bicyclic) bond motifs is 3. The quantitative estimate of drug-likeness (QED) is 0.379. The number of rotatable bonds is 2. The van der Waals surface area contributed by atoms with Crippen LogP contribution in [-0.4, -0.2) is 4.57 Å². The fraction of sp³-hybridized carbons (Fsp3) is 0.111. The Hall–Kier alpha value is -3.02. The fourth-order valence-corrected chi connectivity index (χ4v) is 5.93. The highest BCUT2D eigenvalue weighted by Gasteiger charge is 2.32. The molecular formula is C27H19BrN2OS. The Balaban J connectivity index is 1.62. The van der Waals surface area contributed by atoms with Crippen LogP contribution in [-0.2, 0) is 6.42 Å². The van der Waals surface area contributed by atoms with Crippen LogP contribution < -0.4 is 14.9 Å². The van der Waals surface area contributed by atoms with Crippen molar-refractivity contribution in [2.24, 2.45) is 4.99 Å². The van der Waals surface area contributed by atoms with Crippen molar-refractivity contribution < 1.29 is 0 Å². The van der Waals surface area contributed by atoms with E-state index in [1.165, 1.54) is 28.0 Å². The van der Waals surface area contributed by atoms with E-state index in [-0.39, 0.29) is 11.6 Å². The van der Waals surface area contributed by atoms with E-state index in [0.717, 1.165) is 38.9 Å². The summed E-state index contributed by atoms with van der Waals surface area (Å²) < 4.78 is 3.63. The molecule has 1 aromatic heterocycles. The average molecular weight is 499 g/mol. The summed E-state index contributed by atoms with van der Waals surface area (Å²) in [6, 6.07) is 26.7. The molecule has 0 bridgehead atoms. The molecule has 0 amide bonds. The summed E-state index contributed by atoms with van der Waals surface area (Å²) in [6.45, 7) is 0. The Morgan fingerprint density at radius 3 is 2.50 bits per heavy atom. The van der Waals surface area contributed by atoms with Gasteiger partial charge in [0.1, 0.15) is 0 Å². The van der Waals surface area contributed by atoms with Crippen LogP contribution in [0.1, 0.15) is 34.7 Å². The molecule has 0 saturated carbocycles. The van der Waals surface area contributed by atoms with Gasteiger partial charge in [-0.1, -0.05) is 94.0 Å². The van der Waals surface area contributed by atoms with Crippen molar-refractivity contribution in [2.75, 3.05) is 0 Å². The highest BCUT2D eigenvalue weighted by atomic mass is 79.9. The Kier molecular flexibility index (Phi) is 4.81. The van der Waals surface area contributed by atoms with Crippen LogP contribution in [0.2, 0.25) is 0 Å². The topological polar surface area (TPSA) is 34.4 Å². The molecule has 1 atom stereocenters. The number of aromatic nitrogens is 1. The largest absolute Gasteiger partial charge is 0.272 e. The predicted octanol–water partition coefficient (Wildman–Crippen LogP) is 5.08. The summed E-state index contributed by atoms with van der Waals surface area (Å²) in [4.78, 5) is 19.5. The van der Waals surface area contributed by atoms with Crippen LogP contribution in [0.15, 0.2) is 98.7 Å². The van der Waals surface area contributed by atoms with Gasteiger partial charge in [0.25, 0.3) is 5.56 Å². The fourth-order valence-electron chi connectivity index (χ4n) is 4.67. The van der Waals surface area contributed by atoms with E-state index < -0.39 is 0 Å². The Bertz CT molecular complexity index is 1550. The van der Waals surface area contributed by atoms with Crippen molar-refractivity contribution in [3.05, 3.63) is 131 Å². The van der Waals surface area contributed by atoms with Crippen LogP contribution in [0.4, 0.5) is 0 Å². The SMILES string of the molecule is O=c1/c(=C/c2ccc(Br)cc2)sc2n1[C@H](c1ccccc1)C1=C(N=2)c2ccccc2CC1. The molecule has 0 fully saturated rings. The maximum absolute atomic E-state index is 13.6. The molecule has 4 aromatic rings. The highest BCUT2D eigenvalue weighted by Crippen LogP contribution is 2.41. The molecule has 0 unspecified atom stereocenters. The van der Waals surface area contributed by atoms with Crippen LogP contribution >= 0.6 is 27.3 Å². The third-order valence-corrected chi connectivity index (χ3v) is 7.67. The molecule has 0 N–H and O–H groups in total. The van der Waals surface area contributed by atoms with Gasteiger partial charge in [0.2, 0.25) is 0 Å². The summed E-state index contributed by atoms with van der Waals surface area (Å²) in [5.74, 6) is 0. The number of nitrogens with zero attached hydrogens (tertiary/aromatic N) is 2. The zero-order valence-electron chi connectivity index (χ0n) is 17.2. The summed E-state index contributed by atoms with van der Waals surface area (Å²) in [5, 5.41) is 0. The third kappa shape index (κ3) is 3.24. The molecule has 0 spiro atoms. The van der Waals surface area contributed by atoms with Crippen molar-refractivity contribution in [3.8, 4) is 0 Å². The van der Waals surface area contributed by atoms with E-state index in [4.69, 9.17) is 4.99 Å². The monoisotopic (exact) mass is 498 g/mol. The third-order valence-electron chi connectivity index (χ3n) is 6.16. The maximum atomic E-state index is 13.6. The molecule has 2 aliphatic rings. The molecule has 0 saturated heterocycles. The van der Waals surface area contributed by atoms with Gasteiger partial charge in [0.05, 0.1) is 16.3 Å². The minimum Gasteiger partial charge on any atom is -0.272 e. The number of hydrogen-bond acceptors (Lipinski definition) is 3. The zero-order chi connectivity index (χ0) is 21.7. The number of allylic oxidation sites excluding steroid dienone is 1. The van der Waals surface area contributed by atoms with Crippen LogP contribution in [0.3, 0.4) is 0 Å². The van der Waals surface area contributed by atoms with Crippen LogP contribution in [0.5, 0.6) is 0 Å². The zero-order valence-corrected chi connectivity index (χ0v) is 19.6. The predicted molar refractivity (Wildman–Crippen MR) is 133 cm³/mol. The lowest BCUT2D eigenvalue weighted by atomic mass is 9.83. The number of halogens is 1. The van der Waals surface area contributed by atoms with Gasteiger partial charge in [0.15, 0.2) is 4.80 Å². The Morgan fingerprint density at radius 2 is 1.69 bits per heavy atom. The first-order valence-electron chi connectivity index (χ1n) is 10.6. The minimum atomic E-state index is -0.122. The van der Waals surface area contributed by atoms with Gasteiger partial charge in [0, 0.05) is 10.0 Å². The van der Waals surface area contributed by atoms with E-state index in [1.807, 2.05) is 53.1 Å². The van der Waals surface area contributed by atoms with Crippen molar-refractivity contribution in [3.63, 3.8) is 0 Å². The van der Waals surface area contributed by atoms with Crippen molar-refractivity contribution >= 4 is 39.0 Å². The molecule has 6 rings (SSSR count).